The first-order valence-corrected chi connectivity index (χ1v) is 12.0. The van der Waals surface area contributed by atoms with Crippen LogP contribution in [-0.2, 0) is 11.3 Å². The van der Waals surface area contributed by atoms with Crippen LogP contribution in [0.25, 0.3) is 16.2 Å². The molecule has 1 aliphatic heterocycles. The Morgan fingerprint density at radius 3 is 2.64 bits per heavy atom. The number of aryl methyl sites for hydroxylation is 1. The van der Waals surface area contributed by atoms with Gasteiger partial charge < -0.3 is 15.0 Å². The molecule has 1 fully saturated rings. The number of anilines is 1. The summed E-state index contributed by atoms with van der Waals surface area (Å²) in [5.74, 6) is 0.928. The standard InChI is InChI=1S/C25H27N5O2S/c1-17-7-9-18(10-8-17)21-16-30-24(27-21)33-25(28-30)29-13-11-19(12-14-29)23(31)26-15-20-5-3-4-6-22(20)32-2/h3-10,16,19H,11-15H2,1-2H3,(H,26,31). The van der Waals surface area contributed by atoms with Gasteiger partial charge in [0.15, 0.2) is 0 Å². The minimum Gasteiger partial charge on any atom is -0.496 e. The smallest absolute Gasteiger partial charge is 0.223 e. The Balaban J connectivity index is 1.18. The zero-order valence-electron chi connectivity index (χ0n) is 18.8. The first-order valence-electron chi connectivity index (χ1n) is 11.2. The van der Waals surface area contributed by atoms with Crippen LogP contribution in [0.5, 0.6) is 5.75 Å². The van der Waals surface area contributed by atoms with Crippen LogP contribution >= 0.6 is 11.3 Å². The van der Waals surface area contributed by atoms with Crippen LogP contribution in [0.15, 0.2) is 54.7 Å². The van der Waals surface area contributed by atoms with E-state index in [4.69, 9.17) is 14.8 Å². The maximum atomic E-state index is 12.7. The van der Waals surface area contributed by atoms with E-state index < -0.39 is 0 Å². The molecule has 1 amide bonds. The molecule has 170 valence electrons. The van der Waals surface area contributed by atoms with Gasteiger partial charge in [0.2, 0.25) is 16.0 Å². The molecule has 0 saturated carbocycles. The van der Waals surface area contributed by atoms with Crippen LogP contribution < -0.4 is 15.0 Å². The summed E-state index contributed by atoms with van der Waals surface area (Å²) in [7, 11) is 1.65. The third-order valence-corrected chi connectivity index (χ3v) is 7.15. The molecule has 2 aromatic carbocycles. The highest BCUT2D eigenvalue weighted by molar-refractivity contribution is 7.20. The minimum atomic E-state index is 0.0214. The highest BCUT2D eigenvalue weighted by atomic mass is 32.1. The zero-order valence-corrected chi connectivity index (χ0v) is 19.6. The molecule has 0 spiro atoms. The fourth-order valence-electron chi connectivity index (χ4n) is 4.19. The number of carbonyl (C=O) groups is 1. The zero-order chi connectivity index (χ0) is 22.8. The topological polar surface area (TPSA) is 71.8 Å². The van der Waals surface area contributed by atoms with Gasteiger partial charge in [-0.1, -0.05) is 59.4 Å². The summed E-state index contributed by atoms with van der Waals surface area (Å²) in [4.78, 5) is 20.6. The van der Waals surface area contributed by atoms with E-state index in [1.54, 1.807) is 18.4 Å². The number of imidazole rings is 1. The summed E-state index contributed by atoms with van der Waals surface area (Å²) in [6.07, 6.45) is 3.61. The van der Waals surface area contributed by atoms with Gasteiger partial charge in [-0.3, -0.25) is 4.79 Å². The lowest BCUT2D eigenvalue weighted by atomic mass is 9.96. The average molecular weight is 462 g/mol. The molecule has 4 aromatic rings. The largest absolute Gasteiger partial charge is 0.496 e. The van der Waals surface area contributed by atoms with Gasteiger partial charge in [0, 0.05) is 36.7 Å². The van der Waals surface area contributed by atoms with E-state index in [9.17, 15) is 4.79 Å². The molecule has 1 aliphatic rings. The van der Waals surface area contributed by atoms with Crippen molar-refractivity contribution in [1.29, 1.82) is 0 Å². The molecule has 2 aromatic heterocycles. The average Bonchev–Trinajstić information content (AvgIpc) is 3.43. The van der Waals surface area contributed by atoms with Crippen molar-refractivity contribution < 1.29 is 9.53 Å². The third-order valence-electron chi connectivity index (χ3n) is 6.16. The number of carbonyl (C=O) groups excluding carboxylic acids is 1. The number of hydrogen-bond acceptors (Lipinski definition) is 6. The van der Waals surface area contributed by atoms with Crippen molar-refractivity contribution in [2.75, 3.05) is 25.1 Å². The Labute approximate surface area is 197 Å². The van der Waals surface area contributed by atoms with Crippen LogP contribution in [0.2, 0.25) is 0 Å². The molecule has 1 N–H and O–H groups in total. The molecule has 33 heavy (non-hydrogen) atoms. The lowest BCUT2D eigenvalue weighted by Crippen LogP contribution is -2.40. The number of hydrogen-bond donors (Lipinski definition) is 1. The second-order valence-corrected chi connectivity index (χ2v) is 9.33. The van der Waals surface area contributed by atoms with E-state index in [-0.39, 0.29) is 11.8 Å². The third kappa shape index (κ3) is 4.57. The molecule has 0 radical (unpaired) electrons. The van der Waals surface area contributed by atoms with E-state index in [0.29, 0.717) is 6.54 Å². The van der Waals surface area contributed by atoms with E-state index in [1.807, 2.05) is 35.0 Å². The second kappa shape index (κ2) is 9.23. The van der Waals surface area contributed by atoms with Crippen molar-refractivity contribution in [2.24, 2.45) is 5.92 Å². The Hall–Kier alpha value is -3.39. The number of rotatable bonds is 6. The van der Waals surface area contributed by atoms with Crippen LogP contribution in [0.4, 0.5) is 5.13 Å². The predicted octanol–water partition coefficient (Wildman–Crippen LogP) is 4.31. The Bertz CT molecular complexity index is 1220. The van der Waals surface area contributed by atoms with Crippen LogP contribution in [0, 0.1) is 12.8 Å². The van der Waals surface area contributed by atoms with Crippen LogP contribution in [0.1, 0.15) is 24.0 Å². The maximum Gasteiger partial charge on any atom is 0.223 e. The highest BCUT2D eigenvalue weighted by Gasteiger charge is 2.27. The number of para-hydroxylation sites is 1. The number of piperidine rings is 1. The van der Waals surface area contributed by atoms with Crippen molar-refractivity contribution in [3.05, 3.63) is 65.9 Å². The number of benzene rings is 2. The van der Waals surface area contributed by atoms with E-state index in [0.717, 1.165) is 58.6 Å². The number of ether oxygens (including phenoxy) is 1. The number of methoxy groups -OCH3 is 1. The molecular weight excluding hydrogens is 434 g/mol. The molecule has 3 heterocycles. The maximum absolute atomic E-state index is 12.7. The Kier molecular flexibility index (Phi) is 6.00. The number of nitrogens with one attached hydrogen (secondary N) is 1. The van der Waals surface area contributed by atoms with E-state index in [1.165, 1.54) is 5.56 Å². The molecule has 0 unspecified atom stereocenters. The second-order valence-electron chi connectivity index (χ2n) is 8.39. The van der Waals surface area contributed by atoms with Crippen molar-refractivity contribution >= 4 is 27.3 Å². The molecule has 0 bridgehead atoms. The van der Waals surface area contributed by atoms with Gasteiger partial charge in [0.05, 0.1) is 19.0 Å². The van der Waals surface area contributed by atoms with E-state index >= 15 is 0 Å². The van der Waals surface area contributed by atoms with Gasteiger partial charge in [0.25, 0.3) is 0 Å². The number of fused-ring (bicyclic) bond motifs is 1. The minimum absolute atomic E-state index is 0.0214. The lowest BCUT2D eigenvalue weighted by molar-refractivity contribution is -0.125. The van der Waals surface area contributed by atoms with Crippen molar-refractivity contribution in [3.63, 3.8) is 0 Å². The van der Waals surface area contributed by atoms with Gasteiger partial charge in [0.1, 0.15) is 5.75 Å². The summed E-state index contributed by atoms with van der Waals surface area (Å²) in [5.41, 5.74) is 4.25. The van der Waals surface area contributed by atoms with Crippen molar-refractivity contribution in [1.82, 2.24) is 19.9 Å². The molecule has 5 rings (SSSR count). The summed E-state index contributed by atoms with van der Waals surface area (Å²) < 4.78 is 7.23. The Morgan fingerprint density at radius 1 is 1.15 bits per heavy atom. The van der Waals surface area contributed by atoms with Crippen LogP contribution in [0.3, 0.4) is 0 Å². The molecule has 8 heteroatoms. The summed E-state index contributed by atoms with van der Waals surface area (Å²) in [5, 5.41) is 8.78. The highest BCUT2D eigenvalue weighted by Crippen LogP contribution is 2.30. The van der Waals surface area contributed by atoms with E-state index in [2.05, 4.69) is 41.4 Å². The monoisotopic (exact) mass is 461 g/mol. The molecule has 0 aliphatic carbocycles. The van der Waals surface area contributed by atoms with Crippen molar-refractivity contribution in [2.45, 2.75) is 26.3 Å². The summed E-state index contributed by atoms with van der Waals surface area (Å²) in [6, 6.07) is 16.1. The van der Waals surface area contributed by atoms with Gasteiger partial charge in [-0.2, -0.15) is 0 Å². The van der Waals surface area contributed by atoms with Gasteiger partial charge in [-0.15, -0.1) is 5.10 Å². The lowest BCUT2D eigenvalue weighted by Gasteiger charge is -2.30. The van der Waals surface area contributed by atoms with Gasteiger partial charge in [-0.05, 0) is 25.8 Å². The fourth-order valence-corrected chi connectivity index (χ4v) is 5.12. The number of aromatic nitrogens is 3. The van der Waals surface area contributed by atoms with Crippen LogP contribution in [-0.4, -0.2) is 40.7 Å². The predicted molar refractivity (Wildman–Crippen MR) is 131 cm³/mol. The first kappa shape index (κ1) is 21.5. The van der Waals surface area contributed by atoms with Crippen molar-refractivity contribution in [3.8, 4) is 17.0 Å². The van der Waals surface area contributed by atoms with Gasteiger partial charge in [-0.25, -0.2) is 9.50 Å². The normalized spacial score (nSPS) is 14.5. The fraction of sp³-hybridized carbons (Fsp3) is 0.320. The SMILES string of the molecule is COc1ccccc1CNC(=O)C1CCN(c2nn3cc(-c4ccc(C)cc4)nc3s2)CC1. The molecule has 1 saturated heterocycles. The van der Waals surface area contributed by atoms with Gasteiger partial charge >= 0.3 is 0 Å². The Morgan fingerprint density at radius 2 is 1.91 bits per heavy atom. The first-order chi connectivity index (χ1) is 16.1. The number of nitrogens with zero attached hydrogens (tertiary/aromatic N) is 4. The number of amides is 1. The summed E-state index contributed by atoms with van der Waals surface area (Å²) in [6.45, 7) is 4.19. The molecule has 7 nitrogen and oxygen atoms in total. The molecular formula is C25H27N5O2S. The quantitative estimate of drug-likeness (QED) is 0.463. The molecule has 0 atom stereocenters. The summed E-state index contributed by atoms with van der Waals surface area (Å²) >= 11 is 1.60.